The first-order valence-corrected chi connectivity index (χ1v) is 5.69. The van der Waals surface area contributed by atoms with E-state index in [1.807, 2.05) is 18.3 Å². The second kappa shape index (κ2) is 8.13. The molecule has 0 aliphatic heterocycles. The van der Waals surface area contributed by atoms with Gasteiger partial charge >= 0.3 is 5.97 Å². The third-order valence-electron chi connectivity index (χ3n) is 1.82. The number of thiol groups is 1. The SMILES string of the molecule is O=C(O)CS.c1cncc(Cc2cnnnc2)c1. The van der Waals surface area contributed by atoms with Crippen molar-refractivity contribution in [2.75, 3.05) is 5.75 Å². The van der Waals surface area contributed by atoms with Crippen molar-refractivity contribution in [2.45, 2.75) is 6.42 Å². The molecule has 2 heterocycles. The Balaban J connectivity index is 0.000000280. The molecule has 94 valence electrons. The Kier molecular flexibility index (Phi) is 6.34. The normalized spacial score (nSPS) is 9.17. The van der Waals surface area contributed by atoms with Gasteiger partial charge in [-0.2, -0.15) is 12.6 Å². The Labute approximate surface area is 110 Å². The number of carbonyl (C=O) groups is 1. The molecule has 2 aromatic rings. The summed E-state index contributed by atoms with van der Waals surface area (Å²) in [6, 6.07) is 3.94. The summed E-state index contributed by atoms with van der Waals surface area (Å²) in [5.74, 6) is -0.965. The lowest BCUT2D eigenvalue weighted by Gasteiger charge is -1.97. The van der Waals surface area contributed by atoms with Gasteiger partial charge in [0.25, 0.3) is 0 Å². The van der Waals surface area contributed by atoms with Gasteiger partial charge in [0.1, 0.15) is 0 Å². The second-order valence-electron chi connectivity index (χ2n) is 3.24. The highest BCUT2D eigenvalue weighted by atomic mass is 32.1. The molecule has 0 saturated heterocycles. The fourth-order valence-electron chi connectivity index (χ4n) is 1.09. The zero-order chi connectivity index (χ0) is 13.2. The van der Waals surface area contributed by atoms with Gasteiger partial charge in [-0.3, -0.25) is 9.78 Å². The first-order valence-electron chi connectivity index (χ1n) is 5.06. The zero-order valence-corrected chi connectivity index (χ0v) is 10.4. The van der Waals surface area contributed by atoms with Crippen molar-refractivity contribution in [3.05, 3.63) is 48.0 Å². The Morgan fingerprint density at radius 2 is 1.89 bits per heavy atom. The fourth-order valence-corrected chi connectivity index (χ4v) is 1.09. The predicted molar refractivity (Wildman–Crippen MR) is 68.4 cm³/mol. The molecule has 0 aliphatic rings. The minimum absolute atomic E-state index is 0.0833. The first kappa shape index (κ1) is 14.0. The summed E-state index contributed by atoms with van der Waals surface area (Å²) in [4.78, 5) is 13.3. The highest BCUT2D eigenvalue weighted by molar-refractivity contribution is 7.81. The van der Waals surface area contributed by atoms with Crippen LogP contribution in [0.2, 0.25) is 0 Å². The van der Waals surface area contributed by atoms with Crippen LogP contribution in [0.25, 0.3) is 0 Å². The first-order chi connectivity index (χ1) is 8.72. The molecular weight excluding hydrogens is 252 g/mol. The van der Waals surface area contributed by atoms with Crippen molar-refractivity contribution >= 4 is 18.6 Å². The molecule has 0 spiro atoms. The van der Waals surface area contributed by atoms with E-state index in [2.05, 4.69) is 33.0 Å². The number of hydrogen-bond acceptors (Lipinski definition) is 6. The van der Waals surface area contributed by atoms with E-state index in [4.69, 9.17) is 5.11 Å². The Morgan fingerprint density at radius 1 is 1.22 bits per heavy atom. The van der Waals surface area contributed by atoms with Crippen molar-refractivity contribution in [1.29, 1.82) is 0 Å². The van der Waals surface area contributed by atoms with Crippen LogP contribution in [0.1, 0.15) is 11.1 Å². The minimum atomic E-state index is -0.881. The van der Waals surface area contributed by atoms with Crippen molar-refractivity contribution in [1.82, 2.24) is 20.4 Å². The maximum Gasteiger partial charge on any atom is 0.313 e. The quantitative estimate of drug-likeness (QED) is 0.799. The number of rotatable bonds is 3. The van der Waals surface area contributed by atoms with E-state index in [0.29, 0.717) is 0 Å². The molecule has 0 aromatic carbocycles. The summed E-state index contributed by atoms with van der Waals surface area (Å²) in [6.07, 6.45) is 7.81. The highest BCUT2D eigenvalue weighted by Gasteiger charge is 1.95. The largest absolute Gasteiger partial charge is 0.481 e. The minimum Gasteiger partial charge on any atom is -0.481 e. The molecular formula is C11H12N4O2S. The Hall–Kier alpha value is -2.02. The molecule has 0 fully saturated rings. The molecule has 6 nitrogen and oxygen atoms in total. The molecule has 0 saturated carbocycles. The van der Waals surface area contributed by atoms with Gasteiger partial charge in [-0.1, -0.05) is 6.07 Å². The number of aromatic nitrogens is 4. The van der Waals surface area contributed by atoms with Crippen LogP contribution in [0.5, 0.6) is 0 Å². The van der Waals surface area contributed by atoms with Crippen molar-refractivity contribution in [3.63, 3.8) is 0 Å². The van der Waals surface area contributed by atoms with E-state index >= 15 is 0 Å². The van der Waals surface area contributed by atoms with E-state index < -0.39 is 5.97 Å². The smallest absolute Gasteiger partial charge is 0.313 e. The van der Waals surface area contributed by atoms with Gasteiger partial charge in [0.05, 0.1) is 18.1 Å². The fraction of sp³-hybridized carbons (Fsp3) is 0.182. The monoisotopic (exact) mass is 264 g/mol. The van der Waals surface area contributed by atoms with Gasteiger partial charge in [-0.25, -0.2) is 0 Å². The molecule has 0 amide bonds. The van der Waals surface area contributed by atoms with Gasteiger partial charge in [-0.05, 0) is 22.4 Å². The molecule has 0 radical (unpaired) electrons. The average Bonchev–Trinajstić information content (AvgIpc) is 2.42. The van der Waals surface area contributed by atoms with Gasteiger partial charge in [0.15, 0.2) is 0 Å². The number of carboxylic acid groups (broad SMARTS) is 1. The maximum absolute atomic E-state index is 9.29. The van der Waals surface area contributed by atoms with Crippen LogP contribution in [0.3, 0.4) is 0 Å². The van der Waals surface area contributed by atoms with Crippen molar-refractivity contribution in [2.24, 2.45) is 0 Å². The maximum atomic E-state index is 9.29. The van der Waals surface area contributed by atoms with Crippen LogP contribution in [0.4, 0.5) is 0 Å². The molecule has 0 bridgehead atoms. The van der Waals surface area contributed by atoms with Crippen molar-refractivity contribution < 1.29 is 9.90 Å². The van der Waals surface area contributed by atoms with Crippen LogP contribution in [-0.2, 0) is 11.2 Å². The number of carboxylic acids is 1. The van der Waals surface area contributed by atoms with E-state index in [1.54, 1.807) is 18.6 Å². The molecule has 2 rings (SSSR count). The Morgan fingerprint density at radius 3 is 2.39 bits per heavy atom. The third-order valence-corrected chi connectivity index (χ3v) is 2.09. The van der Waals surface area contributed by atoms with E-state index in [9.17, 15) is 4.79 Å². The zero-order valence-electron chi connectivity index (χ0n) is 9.47. The van der Waals surface area contributed by atoms with Gasteiger partial charge in [0, 0.05) is 18.8 Å². The number of pyridine rings is 1. The van der Waals surface area contributed by atoms with Crippen LogP contribution < -0.4 is 0 Å². The number of hydrogen-bond donors (Lipinski definition) is 2. The third kappa shape index (κ3) is 5.90. The summed E-state index contributed by atoms with van der Waals surface area (Å²) in [5, 5.41) is 18.5. The molecule has 7 heteroatoms. The molecule has 0 unspecified atom stereocenters. The topological polar surface area (TPSA) is 88.9 Å². The summed E-state index contributed by atoms with van der Waals surface area (Å²) < 4.78 is 0. The van der Waals surface area contributed by atoms with E-state index in [1.165, 1.54) is 0 Å². The molecule has 0 aliphatic carbocycles. The lowest BCUT2D eigenvalue weighted by Crippen LogP contribution is -1.93. The van der Waals surface area contributed by atoms with Gasteiger partial charge < -0.3 is 5.11 Å². The number of nitrogens with zero attached hydrogens (tertiary/aromatic N) is 4. The molecule has 18 heavy (non-hydrogen) atoms. The molecule has 2 aromatic heterocycles. The van der Waals surface area contributed by atoms with E-state index in [0.717, 1.165) is 17.5 Å². The summed E-state index contributed by atoms with van der Waals surface area (Å²) in [7, 11) is 0. The van der Waals surface area contributed by atoms with Crippen LogP contribution in [0.15, 0.2) is 36.9 Å². The van der Waals surface area contributed by atoms with Gasteiger partial charge in [-0.15, -0.1) is 10.2 Å². The summed E-state index contributed by atoms with van der Waals surface area (Å²) in [5.41, 5.74) is 2.19. The van der Waals surface area contributed by atoms with Crippen LogP contribution in [0, 0.1) is 0 Å². The van der Waals surface area contributed by atoms with Crippen LogP contribution in [-0.4, -0.2) is 37.2 Å². The Bertz CT molecular complexity index is 429. The summed E-state index contributed by atoms with van der Waals surface area (Å²) >= 11 is 3.42. The van der Waals surface area contributed by atoms with Crippen LogP contribution >= 0.6 is 12.6 Å². The van der Waals surface area contributed by atoms with E-state index in [-0.39, 0.29) is 5.75 Å². The number of aliphatic carboxylic acids is 1. The molecule has 1 N–H and O–H groups in total. The average molecular weight is 264 g/mol. The second-order valence-corrected chi connectivity index (χ2v) is 3.56. The summed E-state index contributed by atoms with van der Waals surface area (Å²) in [6.45, 7) is 0. The van der Waals surface area contributed by atoms with Gasteiger partial charge in [0.2, 0.25) is 0 Å². The molecule has 0 atom stereocenters. The highest BCUT2D eigenvalue weighted by Crippen LogP contribution is 2.03. The van der Waals surface area contributed by atoms with Crippen molar-refractivity contribution in [3.8, 4) is 0 Å². The standard InChI is InChI=1S/C9H8N4.C2H4O2S/c1-2-8(5-10-3-1)4-9-6-11-13-12-7-9;3-2(4)1-5/h1-3,5-7H,4H2;5H,1H2,(H,3,4). The predicted octanol–water partition coefficient (Wildman–Crippen LogP) is 0.858. The lowest BCUT2D eigenvalue weighted by atomic mass is 10.1. The lowest BCUT2D eigenvalue weighted by molar-refractivity contribution is -0.133.